The average Bonchev–Trinajstić information content (AvgIpc) is 2.93. The number of nitrogens with zero attached hydrogens (tertiary/aromatic N) is 2. The number of methoxy groups -OCH3 is 1. The normalized spacial score (nSPS) is 12.0. The smallest absolute Gasteiger partial charge is 0.309 e. The van der Waals surface area contributed by atoms with Gasteiger partial charge in [-0.1, -0.05) is 13.8 Å². The second-order valence-corrected chi connectivity index (χ2v) is 6.57. The van der Waals surface area contributed by atoms with E-state index < -0.39 is 17.8 Å². The highest BCUT2D eigenvalue weighted by molar-refractivity contribution is 7.09. The van der Waals surface area contributed by atoms with E-state index in [2.05, 4.69) is 23.6 Å². The van der Waals surface area contributed by atoms with Crippen LogP contribution < -0.4 is 5.73 Å². The standard InChI is InChI=1S/C15H23N3O4S/c1-9(2)14-17-11(8-23-14)7-18(3)13(20)6-10(5-12(16)19)15(21)22-4/h8-10H,5-7H2,1-4H3,(H2,16,19)/t10-/m1/s1. The summed E-state index contributed by atoms with van der Waals surface area (Å²) in [6.07, 6.45) is -0.326. The average molecular weight is 341 g/mol. The summed E-state index contributed by atoms with van der Waals surface area (Å²) in [6.45, 7) is 4.47. The van der Waals surface area contributed by atoms with Gasteiger partial charge in [0.05, 0.1) is 30.3 Å². The van der Waals surface area contributed by atoms with Crippen LogP contribution in [-0.2, 0) is 25.7 Å². The number of carbonyl (C=O) groups excluding carboxylic acids is 3. The molecule has 1 aromatic rings. The molecule has 0 aromatic carbocycles. The highest BCUT2D eigenvalue weighted by atomic mass is 32.1. The fourth-order valence-corrected chi connectivity index (χ4v) is 2.83. The Morgan fingerprint density at radius 3 is 2.48 bits per heavy atom. The van der Waals surface area contributed by atoms with Gasteiger partial charge >= 0.3 is 5.97 Å². The maximum Gasteiger partial charge on any atom is 0.309 e. The molecule has 0 spiro atoms. The minimum atomic E-state index is -0.853. The topological polar surface area (TPSA) is 103 Å². The number of hydrogen-bond donors (Lipinski definition) is 1. The van der Waals surface area contributed by atoms with Gasteiger partial charge in [0.25, 0.3) is 0 Å². The second-order valence-electron chi connectivity index (χ2n) is 5.68. The van der Waals surface area contributed by atoms with Gasteiger partial charge in [-0.3, -0.25) is 14.4 Å². The van der Waals surface area contributed by atoms with Crippen molar-refractivity contribution in [2.24, 2.45) is 11.7 Å². The van der Waals surface area contributed by atoms with Crippen LogP contribution in [0.4, 0.5) is 0 Å². The van der Waals surface area contributed by atoms with Gasteiger partial charge < -0.3 is 15.4 Å². The monoisotopic (exact) mass is 341 g/mol. The maximum atomic E-state index is 12.2. The van der Waals surface area contributed by atoms with Crippen molar-refractivity contribution in [3.8, 4) is 0 Å². The van der Waals surface area contributed by atoms with Crippen LogP contribution in [0.3, 0.4) is 0 Å². The predicted octanol–water partition coefficient (Wildman–Crippen LogP) is 1.28. The molecule has 0 radical (unpaired) electrons. The molecule has 1 atom stereocenters. The molecule has 0 aliphatic carbocycles. The molecule has 0 saturated heterocycles. The van der Waals surface area contributed by atoms with Gasteiger partial charge in [0.1, 0.15) is 0 Å². The zero-order chi connectivity index (χ0) is 17.6. The summed E-state index contributed by atoms with van der Waals surface area (Å²) in [4.78, 5) is 40.8. The van der Waals surface area contributed by atoms with Gasteiger partial charge in [0.2, 0.25) is 11.8 Å². The summed E-state index contributed by atoms with van der Waals surface area (Å²) in [7, 11) is 2.85. The zero-order valence-corrected chi connectivity index (χ0v) is 14.7. The van der Waals surface area contributed by atoms with Crippen molar-refractivity contribution < 1.29 is 19.1 Å². The van der Waals surface area contributed by atoms with Gasteiger partial charge in [-0.15, -0.1) is 11.3 Å². The van der Waals surface area contributed by atoms with E-state index >= 15 is 0 Å². The Labute approximate surface area is 139 Å². The largest absolute Gasteiger partial charge is 0.469 e. The Morgan fingerprint density at radius 2 is 2.00 bits per heavy atom. The van der Waals surface area contributed by atoms with Gasteiger partial charge in [-0.25, -0.2) is 4.98 Å². The number of carbonyl (C=O) groups is 3. The van der Waals surface area contributed by atoms with Gasteiger partial charge in [0.15, 0.2) is 0 Å². The van der Waals surface area contributed by atoms with Crippen LogP contribution in [0.15, 0.2) is 5.38 Å². The molecule has 0 saturated carbocycles. The number of nitrogens with two attached hydrogens (primary N) is 1. The Kier molecular flexibility index (Phi) is 7.15. The number of esters is 1. The first-order valence-corrected chi connectivity index (χ1v) is 8.17. The molecule has 0 aliphatic heterocycles. The van der Waals surface area contributed by atoms with E-state index in [1.165, 1.54) is 12.0 Å². The van der Waals surface area contributed by atoms with Crippen molar-refractivity contribution in [2.45, 2.75) is 39.2 Å². The minimum absolute atomic E-state index is 0.118. The molecule has 1 aromatic heterocycles. The summed E-state index contributed by atoms with van der Waals surface area (Å²) in [5, 5.41) is 2.93. The van der Waals surface area contributed by atoms with E-state index in [-0.39, 0.29) is 18.7 Å². The lowest BCUT2D eigenvalue weighted by Crippen LogP contribution is -2.32. The van der Waals surface area contributed by atoms with E-state index in [0.717, 1.165) is 10.7 Å². The van der Waals surface area contributed by atoms with Crippen molar-refractivity contribution >= 4 is 29.1 Å². The molecule has 2 N–H and O–H groups in total. The van der Waals surface area contributed by atoms with Crippen LogP contribution in [0, 0.1) is 5.92 Å². The Balaban J connectivity index is 2.66. The molecule has 2 amide bonds. The highest BCUT2D eigenvalue weighted by Crippen LogP contribution is 2.20. The first-order chi connectivity index (χ1) is 10.7. The third-order valence-corrected chi connectivity index (χ3v) is 4.49. The lowest BCUT2D eigenvalue weighted by Gasteiger charge is -2.19. The number of primary amides is 1. The van der Waals surface area contributed by atoms with Crippen LogP contribution in [0.25, 0.3) is 0 Å². The Hall–Kier alpha value is -1.96. The number of rotatable bonds is 8. The minimum Gasteiger partial charge on any atom is -0.469 e. The van der Waals surface area contributed by atoms with E-state index in [9.17, 15) is 14.4 Å². The third-order valence-electron chi connectivity index (χ3n) is 3.29. The van der Waals surface area contributed by atoms with E-state index in [0.29, 0.717) is 12.5 Å². The highest BCUT2D eigenvalue weighted by Gasteiger charge is 2.26. The number of amides is 2. The molecule has 128 valence electrons. The van der Waals surface area contributed by atoms with Crippen LogP contribution in [-0.4, -0.2) is 41.8 Å². The van der Waals surface area contributed by atoms with E-state index in [1.807, 2.05) is 5.38 Å². The predicted molar refractivity (Wildman–Crippen MR) is 86.6 cm³/mol. The van der Waals surface area contributed by atoms with Crippen LogP contribution >= 0.6 is 11.3 Å². The summed E-state index contributed by atoms with van der Waals surface area (Å²) < 4.78 is 4.61. The summed E-state index contributed by atoms with van der Waals surface area (Å²) in [5.74, 6) is -2.03. The summed E-state index contributed by atoms with van der Waals surface area (Å²) in [6, 6.07) is 0. The Morgan fingerprint density at radius 1 is 1.35 bits per heavy atom. The molecule has 0 aliphatic rings. The fraction of sp³-hybridized carbons (Fsp3) is 0.600. The van der Waals surface area contributed by atoms with Crippen molar-refractivity contribution in [2.75, 3.05) is 14.2 Å². The summed E-state index contributed by atoms with van der Waals surface area (Å²) in [5.41, 5.74) is 5.92. The van der Waals surface area contributed by atoms with Crippen molar-refractivity contribution in [3.63, 3.8) is 0 Å². The molecule has 0 bridgehead atoms. The van der Waals surface area contributed by atoms with Gasteiger partial charge in [-0.05, 0) is 0 Å². The lowest BCUT2D eigenvalue weighted by molar-refractivity contribution is -0.150. The number of aromatic nitrogens is 1. The van der Waals surface area contributed by atoms with Crippen LogP contribution in [0.5, 0.6) is 0 Å². The van der Waals surface area contributed by atoms with Gasteiger partial charge in [-0.2, -0.15) is 0 Å². The van der Waals surface area contributed by atoms with Crippen LogP contribution in [0.2, 0.25) is 0 Å². The SMILES string of the molecule is COC(=O)[C@H](CC(N)=O)CC(=O)N(C)Cc1csc(C(C)C)n1. The third kappa shape index (κ3) is 5.97. The molecule has 8 heteroatoms. The second kappa shape index (κ2) is 8.61. The molecule has 23 heavy (non-hydrogen) atoms. The number of thiazole rings is 1. The van der Waals surface area contributed by atoms with Gasteiger partial charge in [0, 0.05) is 31.2 Å². The molecule has 7 nitrogen and oxygen atoms in total. The van der Waals surface area contributed by atoms with E-state index in [4.69, 9.17) is 5.73 Å². The maximum absolute atomic E-state index is 12.2. The van der Waals surface area contributed by atoms with Crippen molar-refractivity contribution in [3.05, 3.63) is 16.1 Å². The zero-order valence-electron chi connectivity index (χ0n) is 13.9. The van der Waals surface area contributed by atoms with E-state index in [1.54, 1.807) is 18.4 Å². The quantitative estimate of drug-likeness (QED) is 0.718. The van der Waals surface area contributed by atoms with Crippen molar-refractivity contribution in [1.29, 1.82) is 0 Å². The first kappa shape index (κ1) is 19.1. The lowest BCUT2D eigenvalue weighted by atomic mass is 10.0. The molecule has 1 heterocycles. The van der Waals surface area contributed by atoms with Crippen LogP contribution in [0.1, 0.15) is 43.3 Å². The Bertz CT molecular complexity index is 571. The molecule has 0 unspecified atom stereocenters. The molecular weight excluding hydrogens is 318 g/mol. The molecule has 1 rings (SSSR count). The molecular formula is C15H23N3O4S. The number of ether oxygens (including phenoxy) is 1. The summed E-state index contributed by atoms with van der Waals surface area (Å²) >= 11 is 1.56. The first-order valence-electron chi connectivity index (χ1n) is 7.29. The number of hydrogen-bond acceptors (Lipinski definition) is 6. The van der Waals surface area contributed by atoms with Crippen molar-refractivity contribution in [1.82, 2.24) is 9.88 Å². The molecule has 0 fully saturated rings. The fourth-order valence-electron chi connectivity index (χ4n) is 2.01.